The minimum Gasteiger partial charge on any atom is -0.273 e. The smallest absolute Gasteiger partial charge is 0.240 e. The zero-order valence-corrected chi connectivity index (χ0v) is 17.2. The molecular weight excluding hydrogens is 364 g/mol. The molecule has 0 bridgehead atoms. The summed E-state index contributed by atoms with van der Waals surface area (Å²) in [6.07, 6.45) is 14.3. The van der Waals surface area contributed by atoms with Crippen LogP contribution in [0.15, 0.2) is 34.3 Å². The van der Waals surface area contributed by atoms with Gasteiger partial charge in [-0.3, -0.25) is 4.79 Å². The highest BCUT2D eigenvalue weighted by Crippen LogP contribution is 2.21. The lowest BCUT2D eigenvalue weighted by atomic mass is 10.00. The highest BCUT2D eigenvalue weighted by atomic mass is 35.5. The minimum absolute atomic E-state index is 0.00470. The van der Waals surface area contributed by atoms with E-state index in [9.17, 15) is 4.79 Å². The van der Waals surface area contributed by atoms with Crippen LogP contribution in [-0.4, -0.2) is 17.4 Å². The standard InChI is InChI=1S/C21H31ClN2OS/c22-18-12-14-20(15-13-18)26-17-16-21(25)24-23-19-10-8-6-4-2-1-3-5-7-9-11-19/h12-15H,1-11,16-17H2,(H,24,25). The first-order valence-corrected chi connectivity index (χ1v) is 11.3. The summed E-state index contributed by atoms with van der Waals surface area (Å²) in [4.78, 5) is 13.2. The third kappa shape index (κ3) is 9.63. The number of thioether (sulfide) groups is 1. The molecule has 0 saturated heterocycles. The van der Waals surface area contributed by atoms with Crippen molar-refractivity contribution in [1.82, 2.24) is 5.43 Å². The van der Waals surface area contributed by atoms with Crippen LogP contribution in [0.2, 0.25) is 5.02 Å². The van der Waals surface area contributed by atoms with Gasteiger partial charge in [0.2, 0.25) is 5.91 Å². The Hall–Kier alpha value is -1.00. The van der Waals surface area contributed by atoms with Crippen LogP contribution in [0, 0.1) is 0 Å². The summed E-state index contributed by atoms with van der Waals surface area (Å²) in [6.45, 7) is 0. The zero-order chi connectivity index (χ0) is 18.5. The lowest BCUT2D eigenvalue weighted by Gasteiger charge is -2.09. The maximum atomic E-state index is 12.1. The first-order chi connectivity index (χ1) is 12.7. The molecule has 144 valence electrons. The van der Waals surface area contributed by atoms with Gasteiger partial charge in [0.1, 0.15) is 0 Å². The van der Waals surface area contributed by atoms with E-state index >= 15 is 0 Å². The maximum Gasteiger partial charge on any atom is 0.240 e. The van der Waals surface area contributed by atoms with E-state index in [1.165, 1.54) is 63.5 Å². The van der Waals surface area contributed by atoms with E-state index in [4.69, 9.17) is 11.6 Å². The summed E-state index contributed by atoms with van der Waals surface area (Å²) in [5.41, 5.74) is 3.95. The van der Waals surface area contributed by atoms with Crippen LogP contribution in [0.5, 0.6) is 0 Å². The molecule has 2 rings (SSSR count). The molecule has 3 nitrogen and oxygen atoms in total. The van der Waals surface area contributed by atoms with Gasteiger partial charge in [0.05, 0.1) is 0 Å². The van der Waals surface area contributed by atoms with E-state index in [0.29, 0.717) is 6.42 Å². The van der Waals surface area contributed by atoms with Gasteiger partial charge in [-0.15, -0.1) is 11.8 Å². The normalized spacial score (nSPS) is 17.0. The molecule has 0 aromatic heterocycles. The van der Waals surface area contributed by atoms with E-state index in [2.05, 4.69) is 10.5 Å². The van der Waals surface area contributed by atoms with Crippen molar-refractivity contribution in [2.45, 2.75) is 81.9 Å². The summed E-state index contributed by atoms with van der Waals surface area (Å²) >= 11 is 7.55. The molecule has 0 spiro atoms. The van der Waals surface area contributed by atoms with Gasteiger partial charge in [-0.1, -0.05) is 56.5 Å². The number of hydrogen-bond acceptors (Lipinski definition) is 3. The van der Waals surface area contributed by atoms with Crippen LogP contribution in [0.1, 0.15) is 77.0 Å². The molecule has 1 amide bonds. The van der Waals surface area contributed by atoms with Crippen molar-refractivity contribution in [2.24, 2.45) is 5.10 Å². The van der Waals surface area contributed by atoms with E-state index in [1.54, 1.807) is 11.8 Å². The third-order valence-corrected chi connectivity index (χ3v) is 5.95. The first kappa shape index (κ1) is 21.3. The Balaban J connectivity index is 1.70. The zero-order valence-electron chi connectivity index (χ0n) is 15.6. The Morgan fingerprint density at radius 2 is 1.46 bits per heavy atom. The topological polar surface area (TPSA) is 41.5 Å². The molecule has 1 aliphatic rings. The monoisotopic (exact) mass is 394 g/mol. The lowest BCUT2D eigenvalue weighted by molar-refractivity contribution is -0.120. The van der Waals surface area contributed by atoms with Crippen molar-refractivity contribution in [3.63, 3.8) is 0 Å². The summed E-state index contributed by atoms with van der Waals surface area (Å²) in [7, 11) is 0. The molecule has 1 aromatic carbocycles. The van der Waals surface area contributed by atoms with Gasteiger partial charge < -0.3 is 0 Å². The number of nitrogens with one attached hydrogen (secondary N) is 1. The van der Waals surface area contributed by atoms with E-state index in [1.807, 2.05) is 24.3 Å². The van der Waals surface area contributed by atoms with E-state index in [-0.39, 0.29) is 5.91 Å². The van der Waals surface area contributed by atoms with Crippen molar-refractivity contribution in [3.05, 3.63) is 29.3 Å². The van der Waals surface area contributed by atoms with E-state index < -0.39 is 0 Å². The highest BCUT2D eigenvalue weighted by molar-refractivity contribution is 7.99. The quantitative estimate of drug-likeness (QED) is 0.451. The fourth-order valence-electron chi connectivity index (χ4n) is 3.12. The Morgan fingerprint density at radius 3 is 2.04 bits per heavy atom. The van der Waals surface area contributed by atoms with Gasteiger partial charge in [-0.05, 0) is 49.9 Å². The average molecular weight is 395 g/mol. The van der Waals surface area contributed by atoms with Crippen LogP contribution in [0.4, 0.5) is 0 Å². The van der Waals surface area contributed by atoms with Crippen molar-refractivity contribution >= 4 is 35.0 Å². The first-order valence-electron chi connectivity index (χ1n) is 9.97. The number of halogens is 1. The van der Waals surface area contributed by atoms with E-state index in [0.717, 1.165) is 28.5 Å². The van der Waals surface area contributed by atoms with Crippen LogP contribution in [0.3, 0.4) is 0 Å². The average Bonchev–Trinajstić information content (AvgIpc) is 2.63. The molecule has 5 heteroatoms. The molecule has 1 saturated carbocycles. The Labute approximate surface area is 167 Å². The second kappa shape index (κ2) is 13.2. The number of carbonyl (C=O) groups is 1. The van der Waals surface area contributed by atoms with Gasteiger partial charge in [0.15, 0.2) is 0 Å². The number of nitrogens with zero attached hydrogens (tertiary/aromatic N) is 1. The number of hydrogen-bond donors (Lipinski definition) is 1. The van der Waals surface area contributed by atoms with Gasteiger partial charge in [-0.25, -0.2) is 5.43 Å². The van der Waals surface area contributed by atoms with Crippen LogP contribution < -0.4 is 5.43 Å². The fraction of sp³-hybridized carbons (Fsp3) is 0.619. The molecule has 0 heterocycles. The van der Waals surface area contributed by atoms with Gasteiger partial charge in [0, 0.05) is 27.8 Å². The number of amides is 1. The van der Waals surface area contributed by atoms with Gasteiger partial charge >= 0.3 is 0 Å². The Bertz CT molecular complexity index is 546. The minimum atomic E-state index is 0.00470. The molecule has 0 aliphatic heterocycles. The predicted octanol–water partition coefficient (Wildman–Crippen LogP) is 6.60. The van der Waals surface area contributed by atoms with Crippen LogP contribution >= 0.6 is 23.4 Å². The second-order valence-electron chi connectivity index (χ2n) is 6.95. The van der Waals surface area contributed by atoms with Crippen LogP contribution in [-0.2, 0) is 4.79 Å². The van der Waals surface area contributed by atoms with Crippen molar-refractivity contribution < 1.29 is 4.79 Å². The van der Waals surface area contributed by atoms with Gasteiger partial charge in [0.25, 0.3) is 0 Å². The number of hydrazone groups is 1. The molecule has 1 aliphatic carbocycles. The fourth-order valence-corrected chi connectivity index (χ4v) is 4.10. The Kier molecular flexibility index (Phi) is 10.8. The predicted molar refractivity (Wildman–Crippen MR) is 113 cm³/mol. The number of carbonyl (C=O) groups excluding carboxylic acids is 1. The van der Waals surface area contributed by atoms with Crippen molar-refractivity contribution in [2.75, 3.05) is 5.75 Å². The van der Waals surface area contributed by atoms with Crippen LogP contribution in [0.25, 0.3) is 0 Å². The molecule has 26 heavy (non-hydrogen) atoms. The lowest BCUT2D eigenvalue weighted by Crippen LogP contribution is -2.20. The number of benzene rings is 1. The molecule has 0 unspecified atom stereocenters. The maximum absolute atomic E-state index is 12.1. The Morgan fingerprint density at radius 1 is 0.923 bits per heavy atom. The summed E-state index contributed by atoms with van der Waals surface area (Å²) in [6, 6.07) is 7.71. The van der Waals surface area contributed by atoms with Gasteiger partial charge in [-0.2, -0.15) is 5.10 Å². The molecule has 0 radical (unpaired) electrons. The highest BCUT2D eigenvalue weighted by Gasteiger charge is 2.05. The molecule has 1 N–H and O–H groups in total. The summed E-state index contributed by atoms with van der Waals surface area (Å²) in [5.74, 6) is 0.753. The third-order valence-electron chi connectivity index (χ3n) is 4.68. The molecular formula is C21H31ClN2OS. The molecule has 1 aromatic rings. The largest absolute Gasteiger partial charge is 0.273 e. The summed E-state index contributed by atoms with van der Waals surface area (Å²) < 4.78 is 0. The van der Waals surface area contributed by atoms with Crippen molar-refractivity contribution in [3.8, 4) is 0 Å². The summed E-state index contributed by atoms with van der Waals surface area (Å²) in [5, 5.41) is 5.17. The van der Waals surface area contributed by atoms with Crippen molar-refractivity contribution in [1.29, 1.82) is 0 Å². The SMILES string of the molecule is O=C(CCSc1ccc(Cl)cc1)NN=C1CCCCCCCCCCC1. The molecule has 1 fully saturated rings. The number of rotatable bonds is 5. The molecule has 0 atom stereocenters. The second-order valence-corrected chi connectivity index (χ2v) is 8.55.